The number of rotatable bonds is 3. The molecule has 0 aliphatic carbocycles. The highest BCUT2D eigenvalue weighted by molar-refractivity contribution is 5.84. The molecule has 0 spiro atoms. The predicted octanol–water partition coefficient (Wildman–Crippen LogP) is 2.17. The summed E-state index contributed by atoms with van der Waals surface area (Å²) in [6.45, 7) is 1.81. The van der Waals surface area contributed by atoms with Crippen molar-refractivity contribution in [1.29, 1.82) is 0 Å². The Hall–Kier alpha value is -2.43. The monoisotopic (exact) mass is 269 g/mol. The Morgan fingerprint density at radius 1 is 1.20 bits per heavy atom. The second-order valence-electron chi connectivity index (χ2n) is 4.91. The van der Waals surface area contributed by atoms with E-state index < -0.39 is 5.97 Å². The number of hydrogen-bond acceptors (Lipinski definition) is 4. The maximum absolute atomic E-state index is 10.8. The number of aromatic carboxylic acids is 1. The topological polar surface area (TPSA) is 66.3 Å². The number of benzene rings is 1. The van der Waals surface area contributed by atoms with E-state index in [4.69, 9.17) is 5.11 Å². The van der Waals surface area contributed by atoms with Gasteiger partial charge in [-0.05, 0) is 12.0 Å². The van der Waals surface area contributed by atoms with Gasteiger partial charge in [0.05, 0.1) is 12.4 Å². The van der Waals surface area contributed by atoms with Crippen LogP contribution in [0.4, 0.5) is 5.82 Å². The SMILES string of the molecule is O=C(O)c1cnc(N2CCC(c3ccccc3)C2)cn1. The molecule has 2 heterocycles. The normalized spacial score (nSPS) is 18.2. The van der Waals surface area contributed by atoms with E-state index >= 15 is 0 Å². The van der Waals surface area contributed by atoms with Crippen LogP contribution in [0.5, 0.6) is 0 Å². The second-order valence-corrected chi connectivity index (χ2v) is 4.91. The van der Waals surface area contributed by atoms with Crippen LogP contribution in [-0.2, 0) is 0 Å². The lowest BCUT2D eigenvalue weighted by Crippen LogP contribution is -2.21. The van der Waals surface area contributed by atoms with Crippen molar-refractivity contribution in [3.63, 3.8) is 0 Å². The van der Waals surface area contributed by atoms with E-state index in [2.05, 4.69) is 39.1 Å². The number of hydrogen-bond donors (Lipinski definition) is 1. The molecule has 1 aromatic heterocycles. The maximum Gasteiger partial charge on any atom is 0.356 e. The van der Waals surface area contributed by atoms with Gasteiger partial charge in [0.2, 0.25) is 0 Å². The van der Waals surface area contributed by atoms with Gasteiger partial charge >= 0.3 is 5.97 Å². The van der Waals surface area contributed by atoms with Crippen LogP contribution in [-0.4, -0.2) is 34.1 Å². The Morgan fingerprint density at radius 3 is 2.65 bits per heavy atom. The zero-order chi connectivity index (χ0) is 13.9. The summed E-state index contributed by atoms with van der Waals surface area (Å²) in [6, 6.07) is 10.4. The molecule has 3 rings (SSSR count). The number of aromatic nitrogens is 2. The largest absolute Gasteiger partial charge is 0.476 e. The highest BCUT2D eigenvalue weighted by Gasteiger charge is 2.24. The molecule has 5 nitrogen and oxygen atoms in total. The summed E-state index contributed by atoms with van der Waals surface area (Å²) < 4.78 is 0. The van der Waals surface area contributed by atoms with Crippen LogP contribution >= 0.6 is 0 Å². The summed E-state index contributed by atoms with van der Waals surface area (Å²) in [6.07, 6.45) is 3.93. The van der Waals surface area contributed by atoms with Crippen molar-refractivity contribution in [3.05, 3.63) is 54.0 Å². The van der Waals surface area contributed by atoms with Crippen LogP contribution in [0, 0.1) is 0 Å². The molecule has 1 N–H and O–H groups in total. The van der Waals surface area contributed by atoms with Crippen LogP contribution in [0.3, 0.4) is 0 Å². The minimum Gasteiger partial charge on any atom is -0.476 e. The summed E-state index contributed by atoms with van der Waals surface area (Å²) in [5, 5.41) is 8.82. The van der Waals surface area contributed by atoms with Gasteiger partial charge in [0.15, 0.2) is 5.69 Å². The van der Waals surface area contributed by atoms with Crippen LogP contribution in [0.1, 0.15) is 28.4 Å². The zero-order valence-electron chi connectivity index (χ0n) is 10.9. The predicted molar refractivity (Wildman–Crippen MR) is 75.0 cm³/mol. The molecule has 1 aliphatic rings. The van der Waals surface area contributed by atoms with E-state index in [-0.39, 0.29) is 5.69 Å². The van der Waals surface area contributed by atoms with Crippen LogP contribution in [0.25, 0.3) is 0 Å². The fourth-order valence-electron chi connectivity index (χ4n) is 2.56. The number of carboxylic acids is 1. The molecule has 20 heavy (non-hydrogen) atoms. The van der Waals surface area contributed by atoms with E-state index in [0.717, 1.165) is 25.3 Å². The molecule has 0 amide bonds. The van der Waals surface area contributed by atoms with Gasteiger partial charge in [-0.3, -0.25) is 0 Å². The Morgan fingerprint density at radius 2 is 2.00 bits per heavy atom. The van der Waals surface area contributed by atoms with Gasteiger partial charge in [0.25, 0.3) is 0 Å². The van der Waals surface area contributed by atoms with Gasteiger partial charge < -0.3 is 10.0 Å². The first-order valence-corrected chi connectivity index (χ1v) is 6.59. The average Bonchev–Trinajstić information content (AvgIpc) is 2.98. The summed E-state index contributed by atoms with van der Waals surface area (Å²) >= 11 is 0. The highest BCUT2D eigenvalue weighted by Crippen LogP contribution is 2.29. The lowest BCUT2D eigenvalue weighted by atomic mass is 9.99. The quantitative estimate of drug-likeness (QED) is 0.925. The first-order valence-electron chi connectivity index (χ1n) is 6.59. The molecule has 5 heteroatoms. The molecule has 0 radical (unpaired) electrons. The first-order chi connectivity index (χ1) is 9.74. The Balaban J connectivity index is 1.72. The zero-order valence-corrected chi connectivity index (χ0v) is 10.9. The van der Waals surface area contributed by atoms with E-state index in [1.165, 1.54) is 18.0 Å². The molecule has 1 atom stereocenters. The van der Waals surface area contributed by atoms with E-state index in [1.54, 1.807) is 0 Å². The highest BCUT2D eigenvalue weighted by atomic mass is 16.4. The minimum absolute atomic E-state index is 0.0208. The van der Waals surface area contributed by atoms with Crippen LogP contribution in [0.15, 0.2) is 42.7 Å². The molecule has 0 saturated carbocycles. The number of nitrogens with zero attached hydrogens (tertiary/aromatic N) is 3. The van der Waals surface area contributed by atoms with Crippen LogP contribution in [0.2, 0.25) is 0 Å². The molecular weight excluding hydrogens is 254 g/mol. The minimum atomic E-state index is -1.05. The third-order valence-corrected chi connectivity index (χ3v) is 3.64. The molecular formula is C15H15N3O2. The summed E-state index contributed by atoms with van der Waals surface area (Å²) in [5.41, 5.74) is 1.32. The molecule has 1 unspecified atom stereocenters. The van der Waals surface area contributed by atoms with Crippen LogP contribution < -0.4 is 4.90 Å². The number of anilines is 1. The van der Waals surface area contributed by atoms with Gasteiger partial charge in [0.1, 0.15) is 5.82 Å². The molecule has 1 aromatic carbocycles. The number of carbonyl (C=O) groups is 1. The molecule has 1 aliphatic heterocycles. The number of carboxylic acid groups (broad SMARTS) is 1. The van der Waals surface area contributed by atoms with E-state index in [1.807, 2.05) is 6.07 Å². The Bertz CT molecular complexity index is 598. The Kier molecular flexibility index (Phi) is 3.33. The molecule has 0 bridgehead atoms. The van der Waals surface area contributed by atoms with Crippen molar-refractivity contribution >= 4 is 11.8 Å². The van der Waals surface area contributed by atoms with Crippen molar-refractivity contribution in [1.82, 2.24) is 9.97 Å². The standard InChI is InChI=1S/C15H15N3O2/c19-15(20)13-8-17-14(9-16-13)18-7-6-12(10-18)11-4-2-1-3-5-11/h1-5,8-9,12H,6-7,10H2,(H,19,20). The summed E-state index contributed by atoms with van der Waals surface area (Å²) in [7, 11) is 0. The third-order valence-electron chi connectivity index (χ3n) is 3.64. The van der Waals surface area contributed by atoms with Gasteiger partial charge in [-0.15, -0.1) is 0 Å². The molecule has 1 fully saturated rings. The molecule has 2 aromatic rings. The van der Waals surface area contributed by atoms with Crippen molar-refractivity contribution in [2.45, 2.75) is 12.3 Å². The fourth-order valence-corrected chi connectivity index (χ4v) is 2.56. The fraction of sp³-hybridized carbons (Fsp3) is 0.267. The average molecular weight is 269 g/mol. The van der Waals surface area contributed by atoms with Gasteiger partial charge in [-0.2, -0.15) is 0 Å². The maximum atomic E-state index is 10.8. The molecule has 1 saturated heterocycles. The smallest absolute Gasteiger partial charge is 0.356 e. The van der Waals surface area contributed by atoms with Crippen molar-refractivity contribution in [3.8, 4) is 0 Å². The van der Waals surface area contributed by atoms with Crippen molar-refractivity contribution in [2.75, 3.05) is 18.0 Å². The lowest BCUT2D eigenvalue weighted by molar-refractivity contribution is 0.0690. The van der Waals surface area contributed by atoms with Crippen molar-refractivity contribution in [2.24, 2.45) is 0 Å². The van der Waals surface area contributed by atoms with E-state index in [0.29, 0.717) is 5.92 Å². The van der Waals surface area contributed by atoms with Crippen molar-refractivity contribution < 1.29 is 9.90 Å². The lowest BCUT2D eigenvalue weighted by Gasteiger charge is -2.17. The van der Waals surface area contributed by atoms with Gasteiger partial charge in [0, 0.05) is 19.0 Å². The van der Waals surface area contributed by atoms with E-state index in [9.17, 15) is 4.79 Å². The first kappa shape index (κ1) is 12.6. The summed E-state index contributed by atoms with van der Waals surface area (Å²) in [4.78, 5) is 21.0. The summed E-state index contributed by atoms with van der Waals surface area (Å²) in [5.74, 6) is 0.193. The van der Waals surface area contributed by atoms with Gasteiger partial charge in [-0.25, -0.2) is 14.8 Å². The third kappa shape index (κ3) is 2.47. The second kappa shape index (κ2) is 5.28. The van der Waals surface area contributed by atoms with Gasteiger partial charge in [-0.1, -0.05) is 30.3 Å². The Labute approximate surface area is 116 Å². The molecule has 102 valence electrons.